The first-order chi connectivity index (χ1) is 3.48. The van der Waals surface area contributed by atoms with Crippen molar-refractivity contribution in [2.24, 2.45) is 0 Å². The standard InChI is InChI=1S/C3H9O3PS/c1-3(8-2)7(4,5)6/h3H,1-2H3,(H2,4,5,6). The van der Waals surface area contributed by atoms with Crippen LogP contribution in [0, 0.1) is 0 Å². The molecule has 0 aromatic rings. The van der Waals surface area contributed by atoms with Crippen molar-refractivity contribution in [3.05, 3.63) is 0 Å². The second kappa shape index (κ2) is 2.87. The topological polar surface area (TPSA) is 57.5 Å². The average molecular weight is 156 g/mol. The van der Waals surface area contributed by atoms with Gasteiger partial charge in [-0.15, -0.1) is 11.8 Å². The number of hydrogen-bond acceptors (Lipinski definition) is 2. The van der Waals surface area contributed by atoms with Crippen LogP contribution < -0.4 is 0 Å². The van der Waals surface area contributed by atoms with Crippen LogP contribution in [0.2, 0.25) is 0 Å². The van der Waals surface area contributed by atoms with Crippen molar-refractivity contribution in [2.75, 3.05) is 6.26 Å². The van der Waals surface area contributed by atoms with Crippen molar-refractivity contribution in [1.82, 2.24) is 0 Å². The molecular formula is C3H9O3PS. The van der Waals surface area contributed by atoms with E-state index in [1.165, 1.54) is 18.7 Å². The van der Waals surface area contributed by atoms with E-state index in [2.05, 4.69) is 0 Å². The Kier molecular flexibility index (Phi) is 3.05. The van der Waals surface area contributed by atoms with E-state index in [1.807, 2.05) is 0 Å². The fourth-order valence-electron chi connectivity index (χ4n) is 0.137. The number of hydrogen-bond donors (Lipinski definition) is 2. The third kappa shape index (κ3) is 2.72. The molecule has 0 bridgehead atoms. The lowest BCUT2D eigenvalue weighted by atomic mass is 11.0. The molecule has 0 heterocycles. The van der Waals surface area contributed by atoms with Gasteiger partial charge in [-0.25, -0.2) is 0 Å². The molecule has 3 nitrogen and oxygen atoms in total. The summed E-state index contributed by atoms with van der Waals surface area (Å²) in [6.45, 7) is 1.51. The second-order valence-corrected chi connectivity index (χ2v) is 4.90. The van der Waals surface area contributed by atoms with E-state index >= 15 is 0 Å². The van der Waals surface area contributed by atoms with Gasteiger partial charge in [-0.3, -0.25) is 4.57 Å². The summed E-state index contributed by atoms with van der Waals surface area (Å²) in [7, 11) is -3.79. The Morgan fingerprint density at radius 3 is 2.00 bits per heavy atom. The van der Waals surface area contributed by atoms with E-state index in [0.29, 0.717) is 0 Å². The molecule has 0 spiro atoms. The molecule has 0 fully saturated rings. The Labute approximate surface area is 52.6 Å². The van der Waals surface area contributed by atoms with E-state index in [-0.39, 0.29) is 0 Å². The molecule has 0 saturated heterocycles. The van der Waals surface area contributed by atoms with E-state index in [9.17, 15) is 4.57 Å². The van der Waals surface area contributed by atoms with Gasteiger partial charge >= 0.3 is 7.60 Å². The van der Waals surface area contributed by atoms with Gasteiger partial charge in [0.15, 0.2) is 0 Å². The van der Waals surface area contributed by atoms with Gasteiger partial charge in [0.05, 0.1) is 0 Å². The van der Waals surface area contributed by atoms with Crippen LogP contribution in [0.3, 0.4) is 0 Å². The van der Waals surface area contributed by atoms with Gasteiger partial charge in [-0.2, -0.15) is 0 Å². The van der Waals surface area contributed by atoms with Gasteiger partial charge in [0.2, 0.25) is 0 Å². The maximum absolute atomic E-state index is 10.2. The van der Waals surface area contributed by atoms with Gasteiger partial charge in [-0.1, -0.05) is 0 Å². The lowest BCUT2D eigenvalue weighted by Gasteiger charge is -2.08. The van der Waals surface area contributed by atoms with Crippen LogP contribution in [-0.4, -0.2) is 21.0 Å². The predicted molar refractivity (Wildman–Crippen MR) is 35.0 cm³/mol. The molecule has 1 atom stereocenters. The van der Waals surface area contributed by atoms with Crippen LogP contribution in [0.4, 0.5) is 0 Å². The summed E-state index contributed by atoms with van der Waals surface area (Å²) in [6.07, 6.45) is 1.67. The molecule has 0 amide bonds. The van der Waals surface area contributed by atoms with Crippen LogP contribution >= 0.6 is 19.4 Å². The molecule has 0 aliphatic rings. The Bertz CT molecular complexity index is 109. The third-order valence-corrected chi connectivity index (χ3v) is 3.90. The average Bonchev–Trinajstić information content (AvgIpc) is 1.62. The van der Waals surface area contributed by atoms with Crippen molar-refractivity contribution in [1.29, 1.82) is 0 Å². The summed E-state index contributed by atoms with van der Waals surface area (Å²) in [5, 5.41) is 0. The Morgan fingerprint density at radius 1 is 1.62 bits per heavy atom. The Balaban J connectivity index is 3.82. The van der Waals surface area contributed by atoms with Crippen molar-refractivity contribution >= 4 is 19.4 Å². The minimum absolute atomic E-state index is 0.567. The van der Waals surface area contributed by atoms with Crippen LogP contribution in [0.1, 0.15) is 6.92 Å². The molecule has 0 rings (SSSR count). The van der Waals surface area contributed by atoms with Gasteiger partial charge in [0.25, 0.3) is 0 Å². The summed E-state index contributed by atoms with van der Waals surface area (Å²) in [6, 6.07) is 0. The maximum Gasteiger partial charge on any atom is 0.338 e. The summed E-state index contributed by atoms with van der Waals surface area (Å²) < 4.78 is 10.2. The molecule has 0 saturated carbocycles. The lowest BCUT2D eigenvalue weighted by Crippen LogP contribution is -1.94. The van der Waals surface area contributed by atoms with E-state index in [0.717, 1.165) is 0 Å². The lowest BCUT2D eigenvalue weighted by molar-refractivity contribution is 0.371. The highest BCUT2D eigenvalue weighted by molar-refractivity contribution is 8.04. The summed E-state index contributed by atoms with van der Waals surface area (Å²) in [5.41, 5.74) is 0. The number of thioether (sulfide) groups is 1. The molecule has 5 heteroatoms. The van der Waals surface area contributed by atoms with Gasteiger partial charge in [-0.05, 0) is 13.2 Å². The zero-order valence-corrected chi connectivity index (χ0v) is 6.45. The summed E-state index contributed by atoms with van der Waals surface area (Å²) >= 11 is 1.17. The molecule has 50 valence electrons. The second-order valence-electron chi connectivity index (χ2n) is 1.42. The first kappa shape index (κ1) is 8.50. The van der Waals surface area contributed by atoms with E-state index in [4.69, 9.17) is 9.79 Å². The highest BCUT2D eigenvalue weighted by Crippen LogP contribution is 2.45. The van der Waals surface area contributed by atoms with Crippen molar-refractivity contribution in [3.63, 3.8) is 0 Å². The SMILES string of the molecule is CSC(C)P(=O)(O)O. The van der Waals surface area contributed by atoms with E-state index in [1.54, 1.807) is 6.26 Å². The predicted octanol–water partition coefficient (Wildman–Crippen LogP) is 0.873. The minimum atomic E-state index is -3.79. The van der Waals surface area contributed by atoms with Crippen LogP contribution in [0.25, 0.3) is 0 Å². The fourth-order valence-corrected chi connectivity index (χ4v) is 1.24. The monoisotopic (exact) mass is 156 g/mol. The third-order valence-electron chi connectivity index (χ3n) is 0.815. The zero-order chi connectivity index (χ0) is 6.78. The van der Waals surface area contributed by atoms with E-state index < -0.39 is 12.6 Å². The highest BCUT2D eigenvalue weighted by Gasteiger charge is 2.21. The number of rotatable bonds is 2. The molecule has 0 aromatic heterocycles. The maximum atomic E-state index is 10.2. The first-order valence-corrected chi connectivity index (χ1v) is 5.03. The van der Waals surface area contributed by atoms with Crippen LogP contribution in [0.15, 0.2) is 0 Å². The van der Waals surface area contributed by atoms with Crippen molar-refractivity contribution in [3.8, 4) is 0 Å². The Hall–Kier alpha value is 0.500. The quantitative estimate of drug-likeness (QED) is 0.582. The van der Waals surface area contributed by atoms with Crippen LogP contribution in [0.5, 0.6) is 0 Å². The molecule has 0 aliphatic carbocycles. The Morgan fingerprint density at radius 2 is 2.00 bits per heavy atom. The summed E-state index contributed by atoms with van der Waals surface area (Å²) in [5.74, 6) is 0. The van der Waals surface area contributed by atoms with Gasteiger partial charge in [0, 0.05) is 0 Å². The fraction of sp³-hybridized carbons (Fsp3) is 1.00. The van der Waals surface area contributed by atoms with Crippen molar-refractivity contribution in [2.45, 2.75) is 11.9 Å². The molecule has 8 heavy (non-hydrogen) atoms. The van der Waals surface area contributed by atoms with Crippen LogP contribution in [-0.2, 0) is 4.57 Å². The smallest absolute Gasteiger partial charge is 0.324 e. The molecule has 0 radical (unpaired) electrons. The van der Waals surface area contributed by atoms with Crippen molar-refractivity contribution < 1.29 is 14.4 Å². The normalized spacial score (nSPS) is 16.0. The first-order valence-electron chi connectivity index (χ1n) is 2.06. The van der Waals surface area contributed by atoms with Gasteiger partial charge < -0.3 is 9.79 Å². The minimum Gasteiger partial charge on any atom is -0.324 e. The molecular weight excluding hydrogens is 147 g/mol. The highest BCUT2D eigenvalue weighted by atomic mass is 32.2. The zero-order valence-electron chi connectivity index (χ0n) is 4.74. The molecule has 0 aliphatic heterocycles. The molecule has 0 aromatic carbocycles. The molecule has 2 N–H and O–H groups in total. The summed E-state index contributed by atoms with van der Waals surface area (Å²) in [4.78, 5) is 16.2. The van der Waals surface area contributed by atoms with Gasteiger partial charge in [0.1, 0.15) is 4.99 Å². The molecule has 1 unspecified atom stereocenters. The largest absolute Gasteiger partial charge is 0.338 e.